The molecule has 0 aliphatic heterocycles. The Bertz CT molecular complexity index is 720. The first-order valence-corrected chi connectivity index (χ1v) is 7.86. The Morgan fingerprint density at radius 3 is 2.30 bits per heavy atom. The Kier molecular flexibility index (Phi) is 5.59. The van der Waals surface area contributed by atoms with E-state index in [0.29, 0.717) is 11.3 Å². The maximum Gasteiger partial charge on any atom is 0.273 e. The summed E-state index contributed by atoms with van der Waals surface area (Å²) < 4.78 is 18.0. The molecule has 0 atom stereocenters. The number of carbonyl (C=O) groups is 2. The summed E-state index contributed by atoms with van der Waals surface area (Å²) in [5.41, 5.74) is 5.11. The van der Waals surface area contributed by atoms with Crippen molar-refractivity contribution in [2.45, 2.75) is 4.90 Å². The summed E-state index contributed by atoms with van der Waals surface area (Å²) >= 11 is 1.52. The van der Waals surface area contributed by atoms with E-state index in [4.69, 9.17) is 4.74 Å². The molecule has 0 bridgehead atoms. The first kappa shape index (κ1) is 16.8. The molecule has 0 saturated carbocycles. The second kappa shape index (κ2) is 7.64. The van der Waals surface area contributed by atoms with Crippen LogP contribution in [-0.2, 0) is 0 Å². The number of hydrogen-bond acceptors (Lipinski definition) is 4. The molecule has 0 spiro atoms. The SMILES string of the molecule is COc1cc(SC)ccc1C(=O)NNC(=O)c1ccc(F)cc1. The van der Waals surface area contributed by atoms with Crippen LogP contribution in [0.5, 0.6) is 5.75 Å². The van der Waals surface area contributed by atoms with E-state index >= 15 is 0 Å². The summed E-state index contributed by atoms with van der Waals surface area (Å²) in [5, 5.41) is 0. The lowest BCUT2D eigenvalue weighted by Gasteiger charge is -2.11. The molecule has 5 nitrogen and oxygen atoms in total. The summed E-state index contributed by atoms with van der Waals surface area (Å²) in [5.74, 6) is -1.09. The number of nitrogens with one attached hydrogen (secondary N) is 2. The largest absolute Gasteiger partial charge is 0.496 e. The molecular weight excluding hydrogens is 319 g/mol. The van der Waals surface area contributed by atoms with E-state index in [1.54, 1.807) is 18.2 Å². The van der Waals surface area contributed by atoms with Crippen molar-refractivity contribution in [3.63, 3.8) is 0 Å². The van der Waals surface area contributed by atoms with Gasteiger partial charge >= 0.3 is 0 Å². The maximum absolute atomic E-state index is 12.8. The van der Waals surface area contributed by atoms with Gasteiger partial charge in [-0.1, -0.05) is 0 Å². The van der Waals surface area contributed by atoms with E-state index in [9.17, 15) is 14.0 Å². The molecule has 0 aliphatic rings. The van der Waals surface area contributed by atoms with Gasteiger partial charge in [0.1, 0.15) is 11.6 Å². The fraction of sp³-hybridized carbons (Fsp3) is 0.125. The molecule has 2 rings (SSSR count). The van der Waals surface area contributed by atoms with Crippen molar-refractivity contribution >= 4 is 23.6 Å². The van der Waals surface area contributed by atoms with Crippen LogP contribution in [0.25, 0.3) is 0 Å². The Hall–Kier alpha value is -2.54. The minimum absolute atomic E-state index is 0.233. The minimum atomic E-state index is -0.543. The van der Waals surface area contributed by atoms with Crippen molar-refractivity contribution in [2.24, 2.45) is 0 Å². The third kappa shape index (κ3) is 4.23. The molecule has 7 heteroatoms. The molecule has 0 aliphatic carbocycles. The zero-order valence-electron chi connectivity index (χ0n) is 12.6. The Morgan fingerprint density at radius 1 is 1.04 bits per heavy atom. The Labute approximate surface area is 137 Å². The number of hydrazine groups is 1. The van der Waals surface area contributed by atoms with Crippen LogP contribution in [0.15, 0.2) is 47.4 Å². The highest BCUT2D eigenvalue weighted by Crippen LogP contribution is 2.25. The van der Waals surface area contributed by atoms with Crippen LogP contribution in [0.2, 0.25) is 0 Å². The van der Waals surface area contributed by atoms with Crippen LogP contribution >= 0.6 is 11.8 Å². The van der Waals surface area contributed by atoms with Gasteiger partial charge in [-0.3, -0.25) is 20.4 Å². The number of amides is 2. The van der Waals surface area contributed by atoms with Crippen LogP contribution in [0.3, 0.4) is 0 Å². The number of benzene rings is 2. The Morgan fingerprint density at radius 2 is 1.70 bits per heavy atom. The number of ether oxygens (including phenoxy) is 1. The van der Waals surface area contributed by atoms with Crippen molar-refractivity contribution in [1.82, 2.24) is 10.9 Å². The predicted molar refractivity (Wildman–Crippen MR) is 86.1 cm³/mol. The molecule has 2 amide bonds. The van der Waals surface area contributed by atoms with Crippen molar-refractivity contribution in [1.29, 1.82) is 0 Å². The number of halogens is 1. The summed E-state index contributed by atoms with van der Waals surface area (Å²) in [4.78, 5) is 25.0. The first-order chi connectivity index (χ1) is 11.0. The van der Waals surface area contributed by atoms with Crippen molar-refractivity contribution in [2.75, 3.05) is 13.4 Å². The second-order valence-electron chi connectivity index (χ2n) is 4.48. The fourth-order valence-electron chi connectivity index (χ4n) is 1.84. The van der Waals surface area contributed by atoms with Gasteiger partial charge < -0.3 is 4.74 Å². The van der Waals surface area contributed by atoms with Crippen molar-refractivity contribution < 1.29 is 18.7 Å². The molecule has 2 aromatic rings. The molecule has 120 valence electrons. The van der Waals surface area contributed by atoms with Crippen LogP contribution in [0.1, 0.15) is 20.7 Å². The lowest BCUT2D eigenvalue weighted by Crippen LogP contribution is -2.41. The van der Waals surface area contributed by atoms with Gasteiger partial charge in [-0.25, -0.2) is 4.39 Å². The van der Waals surface area contributed by atoms with Crippen LogP contribution in [0, 0.1) is 5.82 Å². The van der Waals surface area contributed by atoms with Gasteiger partial charge in [-0.05, 0) is 48.7 Å². The van der Waals surface area contributed by atoms with Gasteiger partial charge in [-0.2, -0.15) is 0 Å². The van der Waals surface area contributed by atoms with E-state index in [-0.39, 0.29) is 5.56 Å². The van der Waals surface area contributed by atoms with Crippen molar-refractivity contribution in [3.8, 4) is 5.75 Å². The standard InChI is InChI=1S/C16H15FN2O3S/c1-22-14-9-12(23-2)7-8-13(14)16(21)19-18-15(20)10-3-5-11(17)6-4-10/h3-9H,1-2H3,(H,18,20)(H,19,21). The summed E-state index contributed by atoms with van der Waals surface area (Å²) in [7, 11) is 1.47. The van der Waals surface area contributed by atoms with Gasteiger partial charge in [0.15, 0.2) is 0 Å². The molecular formula is C16H15FN2O3S. The number of methoxy groups -OCH3 is 1. The van der Waals surface area contributed by atoms with E-state index < -0.39 is 17.6 Å². The van der Waals surface area contributed by atoms with Gasteiger partial charge in [0, 0.05) is 10.5 Å². The average Bonchev–Trinajstić information content (AvgIpc) is 2.59. The third-order valence-electron chi connectivity index (χ3n) is 3.05. The number of thioether (sulfide) groups is 1. The monoisotopic (exact) mass is 334 g/mol. The predicted octanol–water partition coefficient (Wildman–Crippen LogP) is 2.63. The van der Waals surface area contributed by atoms with E-state index in [1.807, 2.05) is 6.26 Å². The number of rotatable bonds is 4. The molecule has 0 fully saturated rings. The molecule has 0 aromatic heterocycles. The summed E-state index contributed by atoms with van der Waals surface area (Å²) in [6.07, 6.45) is 1.91. The molecule has 0 unspecified atom stereocenters. The zero-order chi connectivity index (χ0) is 16.8. The molecule has 0 radical (unpaired) electrons. The Balaban J connectivity index is 2.04. The minimum Gasteiger partial charge on any atom is -0.496 e. The third-order valence-corrected chi connectivity index (χ3v) is 3.77. The zero-order valence-corrected chi connectivity index (χ0v) is 13.4. The fourth-order valence-corrected chi connectivity index (χ4v) is 2.27. The van der Waals surface area contributed by atoms with E-state index in [0.717, 1.165) is 4.90 Å². The highest BCUT2D eigenvalue weighted by molar-refractivity contribution is 7.98. The average molecular weight is 334 g/mol. The highest BCUT2D eigenvalue weighted by Gasteiger charge is 2.14. The molecule has 23 heavy (non-hydrogen) atoms. The summed E-state index contributed by atoms with van der Waals surface area (Å²) in [6.45, 7) is 0. The van der Waals surface area contributed by atoms with E-state index in [1.165, 1.54) is 43.1 Å². The van der Waals surface area contributed by atoms with Crippen LogP contribution in [-0.4, -0.2) is 25.2 Å². The molecule has 0 saturated heterocycles. The molecule has 0 heterocycles. The maximum atomic E-state index is 12.8. The van der Waals surface area contributed by atoms with E-state index in [2.05, 4.69) is 10.9 Å². The number of carbonyl (C=O) groups excluding carboxylic acids is 2. The first-order valence-electron chi connectivity index (χ1n) is 6.63. The van der Waals surface area contributed by atoms with Gasteiger partial charge in [-0.15, -0.1) is 11.8 Å². The topological polar surface area (TPSA) is 67.4 Å². The van der Waals surface area contributed by atoms with Gasteiger partial charge in [0.05, 0.1) is 12.7 Å². The quantitative estimate of drug-likeness (QED) is 0.666. The molecule has 2 N–H and O–H groups in total. The lowest BCUT2D eigenvalue weighted by atomic mass is 10.2. The van der Waals surface area contributed by atoms with Gasteiger partial charge in [0.2, 0.25) is 0 Å². The number of hydrogen-bond donors (Lipinski definition) is 2. The molecule has 2 aromatic carbocycles. The van der Waals surface area contributed by atoms with Gasteiger partial charge in [0.25, 0.3) is 11.8 Å². The van der Waals surface area contributed by atoms with Crippen LogP contribution in [0.4, 0.5) is 4.39 Å². The second-order valence-corrected chi connectivity index (χ2v) is 5.36. The van der Waals surface area contributed by atoms with Crippen molar-refractivity contribution in [3.05, 3.63) is 59.4 Å². The smallest absolute Gasteiger partial charge is 0.273 e. The normalized spacial score (nSPS) is 10.0. The lowest BCUT2D eigenvalue weighted by molar-refractivity contribution is 0.0845. The van der Waals surface area contributed by atoms with Crippen LogP contribution < -0.4 is 15.6 Å². The summed E-state index contributed by atoms with van der Waals surface area (Å²) in [6, 6.07) is 10.1. The highest BCUT2D eigenvalue weighted by atomic mass is 32.2.